The first-order valence-electron chi connectivity index (χ1n) is 11.3. The van der Waals surface area contributed by atoms with Crippen LogP contribution in [-0.2, 0) is 26.2 Å². The number of hydrogen-bond acceptors (Lipinski definition) is 4. The van der Waals surface area contributed by atoms with Gasteiger partial charge in [0.2, 0.25) is 21.8 Å². The van der Waals surface area contributed by atoms with Crippen molar-refractivity contribution in [1.82, 2.24) is 10.2 Å². The first kappa shape index (κ1) is 28.9. The van der Waals surface area contributed by atoms with Crippen molar-refractivity contribution in [3.05, 3.63) is 63.1 Å². The van der Waals surface area contributed by atoms with Crippen LogP contribution in [0.5, 0.6) is 0 Å². The number of halogens is 2. The summed E-state index contributed by atoms with van der Waals surface area (Å²) in [5.74, 6) is -0.616. The smallest absolute Gasteiger partial charge is 0.244 e. The summed E-state index contributed by atoms with van der Waals surface area (Å²) in [6, 6.07) is 9.52. The molecule has 0 fully saturated rings. The summed E-state index contributed by atoms with van der Waals surface area (Å²) in [5.41, 5.74) is 2.66. The molecule has 0 bridgehead atoms. The second-order valence-electron chi connectivity index (χ2n) is 9.14. The summed E-state index contributed by atoms with van der Waals surface area (Å²) < 4.78 is 26.5. The number of carbonyl (C=O) groups excluding carboxylic acids is 2. The maximum absolute atomic E-state index is 13.6. The molecule has 2 aromatic carbocycles. The number of sulfonamides is 1. The average molecular weight is 543 g/mol. The predicted octanol–water partition coefficient (Wildman–Crippen LogP) is 4.57. The summed E-state index contributed by atoms with van der Waals surface area (Å²) in [4.78, 5) is 27.8. The van der Waals surface area contributed by atoms with Gasteiger partial charge in [0.15, 0.2) is 0 Å². The summed E-state index contributed by atoms with van der Waals surface area (Å²) in [7, 11) is -3.79. The summed E-state index contributed by atoms with van der Waals surface area (Å²) in [5, 5.41) is 3.53. The van der Waals surface area contributed by atoms with Gasteiger partial charge in [-0.3, -0.25) is 13.9 Å². The Morgan fingerprint density at radius 2 is 1.66 bits per heavy atom. The van der Waals surface area contributed by atoms with Crippen LogP contribution in [0.3, 0.4) is 0 Å². The third kappa shape index (κ3) is 8.12. The van der Waals surface area contributed by atoms with Crippen LogP contribution in [0.15, 0.2) is 36.4 Å². The zero-order chi connectivity index (χ0) is 26.5. The summed E-state index contributed by atoms with van der Waals surface area (Å²) in [6.45, 7) is 9.25. The highest BCUT2D eigenvalue weighted by molar-refractivity contribution is 7.92. The van der Waals surface area contributed by atoms with Gasteiger partial charge in [-0.05, 0) is 61.6 Å². The van der Waals surface area contributed by atoms with Crippen molar-refractivity contribution in [2.45, 2.75) is 47.2 Å². The van der Waals surface area contributed by atoms with Gasteiger partial charge in [-0.15, -0.1) is 0 Å². The van der Waals surface area contributed by atoms with E-state index in [0.29, 0.717) is 33.4 Å². The Labute approximate surface area is 218 Å². The molecule has 2 amide bonds. The SMILES string of the molecule is Cc1ccc(C)c(N(CC(=O)N(Cc2ccc(Cl)c(Cl)c2)[C@H](C)C(=O)NCC(C)C)S(C)(=O)=O)c1. The molecule has 1 atom stereocenters. The normalized spacial score (nSPS) is 12.4. The zero-order valence-corrected chi connectivity index (χ0v) is 23.3. The van der Waals surface area contributed by atoms with E-state index in [1.807, 2.05) is 32.9 Å². The lowest BCUT2D eigenvalue weighted by Gasteiger charge is -2.32. The molecule has 192 valence electrons. The lowest BCUT2D eigenvalue weighted by atomic mass is 10.1. The molecule has 2 rings (SSSR count). The molecule has 0 aliphatic heterocycles. The minimum Gasteiger partial charge on any atom is -0.354 e. The predicted molar refractivity (Wildman–Crippen MR) is 142 cm³/mol. The van der Waals surface area contributed by atoms with Crippen LogP contribution in [0.1, 0.15) is 37.5 Å². The quantitative estimate of drug-likeness (QED) is 0.477. The Morgan fingerprint density at radius 3 is 2.23 bits per heavy atom. The number of anilines is 1. The number of nitrogens with one attached hydrogen (secondary N) is 1. The van der Waals surface area contributed by atoms with E-state index in [-0.39, 0.29) is 18.4 Å². The Hall–Kier alpha value is -2.29. The fourth-order valence-electron chi connectivity index (χ4n) is 3.45. The summed E-state index contributed by atoms with van der Waals surface area (Å²) in [6.07, 6.45) is 1.06. The monoisotopic (exact) mass is 541 g/mol. The Morgan fingerprint density at radius 1 is 1.00 bits per heavy atom. The molecule has 0 radical (unpaired) electrons. The van der Waals surface area contributed by atoms with Crippen molar-refractivity contribution >= 4 is 50.7 Å². The van der Waals surface area contributed by atoms with Crippen LogP contribution in [0.2, 0.25) is 10.0 Å². The molecule has 0 aliphatic carbocycles. The zero-order valence-electron chi connectivity index (χ0n) is 20.9. The van der Waals surface area contributed by atoms with E-state index in [0.717, 1.165) is 16.1 Å². The summed E-state index contributed by atoms with van der Waals surface area (Å²) >= 11 is 12.2. The molecule has 0 aliphatic rings. The molecule has 0 aromatic heterocycles. The van der Waals surface area contributed by atoms with Gasteiger partial charge in [0.05, 0.1) is 22.0 Å². The maximum atomic E-state index is 13.6. The lowest BCUT2D eigenvalue weighted by molar-refractivity contribution is -0.139. The third-order valence-corrected chi connectivity index (χ3v) is 7.37. The van der Waals surface area contributed by atoms with E-state index in [2.05, 4.69) is 5.32 Å². The number of amides is 2. The standard InChI is InChI=1S/C25H33Cl2N3O4S/c1-16(2)13-28-25(32)19(5)29(14-20-9-10-21(26)22(27)12-20)24(31)15-30(35(6,33)34)23-11-17(3)7-8-18(23)4/h7-12,16,19H,13-15H2,1-6H3,(H,28,32)/t19-/m1/s1. The largest absolute Gasteiger partial charge is 0.354 e. The molecule has 7 nitrogen and oxygen atoms in total. The fourth-order valence-corrected chi connectivity index (χ4v) is 4.67. The minimum absolute atomic E-state index is 0.0520. The average Bonchev–Trinajstić information content (AvgIpc) is 2.76. The number of benzene rings is 2. The number of nitrogens with zero attached hydrogens (tertiary/aromatic N) is 2. The van der Waals surface area contributed by atoms with Gasteiger partial charge < -0.3 is 10.2 Å². The molecular weight excluding hydrogens is 509 g/mol. The number of aryl methyl sites for hydroxylation is 2. The van der Waals surface area contributed by atoms with Crippen molar-refractivity contribution in [3.8, 4) is 0 Å². The maximum Gasteiger partial charge on any atom is 0.244 e. The lowest BCUT2D eigenvalue weighted by Crippen LogP contribution is -2.51. The molecule has 35 heavy (non-hydrogen) atoms. The number of hydrogen-bond donors (Lipinski definition) is 1. The van der Waals surface area contributed by atoms with Crippen LogP contribution in [-0.4, -0.2) is 50.5 Å². The van der Waals surface area contributed by atoms with Crippen molar-refractivity contribution in [2.24, 2.45) is 5.92 Å². The van der Waals surface area contributed by atoms with Crippen LogP contribution >= 0.6 is 23.2 Å². The van der Waals surface area contributed by atoms with Crippen molar-refractivity contribution in [3.63, 3.8) is 0 Å². The van der Waals surface area contributed by atoms with Crippen molar-refractivity contribution < 1.29 is 18.0 Å². The highest BCUT2D eigenvalue weighted by Crippen LogP contribution is 2.26. The molecule has 10 heteroatoms. The topological polar surface area (TPSA) is 86.8 Å². The molecule has 2 aromatic rings. The van der Waals surface area contributed by atoms with Crippen LogP contribution in [0.4, 0.5) is 5.69 Å². The molecule has 0 unspecified atom stereocenters. The second-order valence-corrected chi connectivity index (χ2v) is 11.9. The van der Waals surface area contributed by atoms with E-state index in [1.165, 1.54) is 4.90 Å². The van der Waals surface area contributed by atoms with Crippen molar-refractivity contribution in [1.29, 1.82) is 0 Å². The van der Waals surface area contributed by atoms with Gasteiger partial charge in [-0.2, -0.15) is 0 Å². The molecule has 0 heterocycles. The van der Waals surface area contributed by atoms with Gasteiger partial charge in [0.25, 0.3) is 0 Å². The van der Waals surface area contributed by atoms with Gasteiger partial charge in [0, 0.05) is 13.1 Å². The fraction of sp³-hybridized carbons (Fsp3) is 0.440. The van der Waals surface area contributed by atoms with E-state index < -0.39 is 28.5 Å². The Kier molecular flexibility index (Phi) is 10.0. The Bertz CT molecular complexity index is 1190. The first-order chi connectivity index (χ1) is 16.2. The second kappa shape index (κ2) is 12.1. The molecule has 0 saturated heterocycles. The molecule has 0 spiro atoms. The van der Waals surface area contributed by atoms with E-state index in [4.69, 9.17) is 23.2 Å². The van der Waals surface area contributed by atoms with Gasteiger partial charge in [0.1, 0.15) is 12.6 Å². The Balaban J connectivity index is 2.43. The highest BCUT2D eigenvalue weighted by atomic mass is 35.5. The van der Waals surface area contributed by atoms with E-state index in [9.17, 15) is 18.0 Å². The first-order valence-corrected chi connectivity index (χ1v) is 13.9. The third-order valence-electron chi connectivity index (χ3n) is 5.50. The van der Waals surface area contributed by atoms with Crippen molar-refractivity contribution in [2.75, 3.05) is 23.7 Å². The van der Waals surface area contributed by atoms with E-state index in [1.54, 1.807) is 38.1 Å². The van der Waals surface area contributed by atoms with Crippen LogP contribution < -0.4 is 9.62 Å². The highest BCUT2D eigenvalue weighted by Gasteiger charge is 2.30. The molecule has 0 saturated carbocycles. The molecular formula is C25H33Cl2N3O4S. The van der Waals surface area contributed by atoms with Gasteiger partial charge in [-0.25, -0.2) is 8.42 Å². The number of rotatable bonds is 10. The van der Waals surface area contributed by atoms with Gasteiger partial charge >= 0.3 is 0 Å². The van der Waals surface area contributed by atoms with Gasteiger partial charge in [-0.1, -0.05) is 55.2 Å². The van der Waals surface area contributed by atoms with Crippen LogP contribution in [0, 0.1) is 19.8 Å². The number of carbonyl (C=O) groups is 2. The minimum atomic E-state index is -3.79. The van der Waals surface area contributed by atoms with E-state index >= 15 is 0 Å². The van der Waals surface area contributed by atoms with Crippen LogP contribution in [0.25, 0.3) is 0 Å². The molecule has 1 N–H and O–H groups in total.